The van der Waals surface area contributed by atoms with Crippen LogP contribution in [0, 0.1) is 29.6 Å². The molecule has 0 aliphatic rings. The van der Waals surface area contributed by atoms with Crippen LogP contribution in [-0.2, 0) is 0 Å². The first-order valence-electron chi connectivity index (χ1n) is 5.24. The zero-order valence-electron chi connectivity index (χ0n) is 9.97. The summed E-state index contributed by atoms with van der Waals surface area (Å²) in [6, 6.07) is 8.74. The van der Waals surface area contributed by atoms with Gasteiger partial charge in [-0.05, 0) is 30.7 Å². The SMILES string of the molecule is Cc1cc(NN)ccc1C(=O)N(CC#N)CC#N. The molecule has 0 radical (unpaired) electrons. The van der Waals surface area contributed by atoms with Gasteiger partial charge in [0.15, 0.2) is 0 Å². The van der Waals surface area contributed by atoms with Gasteiger partial charge >= 0.3 is 0 Å². The third-order valence-corrected chi connectivity index (χ3v) is 2.43. The Morgan fingerprint density at radius 3 is 2.44 bits per heavy atom. The summed E-state index contributed by atoms with van der Waals surface area (Å²) in [6.45, 7) is 1.55. The van der Waals surface area contributed by atoms with Gasteiger partial charge in [0.1, 0.15) is 13.1 Å². The number of aryl methyl sites for hydroxylation is 1. The van der Waals surface area contributed by atoms with Gasteiger partial charge in [-0.15, -0.1) is 0 Å². The van der Waals surface area contributed by atoms with Crippen molar-refractivity contribution in [2.45, 2.75) is 6.92 Å². The Balaban J connectivity index is 3.02. The molecule has 0 heterocycles. The number of nitrogens with one attached hydrogen (secondary N) is 1. The maximum atomic E-state index is 12.1. The molecule has 0 unspecified atom stereocenters. The number of nitrogens with two attached hydrogens (primary N) is 1. The summed E-state index contributed by atoms with van der Waals surface area (Å²) < 4.78 is 0. The number of hydrogen-bond acceptors (Lipinski definition) is 5. The molecule has 92 valence electrons. The second kappa shape index (κ2) is 6.24. The van der Waals surface area contributed by atoms with E-state index in [1.165, 1.54) is 4.90 Å². The van der Waals surface area contributed by atoms with E-state index in [1.54, 1.807) is 25.1 Å². The number of hydrogen-bond donors (Lipinski definition) is 2. The minimum absolute atomic E-state index is 0.108. The maximum Gasteiger partial charge on any atom is 0.255 e. The van der Waals surface area contributed by atoms with E-state index < -0.39 is 0 Å². The Kier molecular flexibility index (Phi) is 4.67. The van der Waals surface area contributed by atoms with Gasteiger partial charge in [0.2, 0.25) is 0 Å². The molecule has 6 heteroatoms. The van der Waals surface area contributed by atoms with Crippen LogP contribution < -0.4 is 11.3 Å². The van der Waals surface area contributed by atoms with Crippen molar-refractivity contribution in [3.8, 4) is 12.1 Å². The monoisotopic (exact) mass is 243 g/mol. The van der Waals surface area contributed by atoms with Gasteiger partial charge in [-0.25, -0.2) is 0 Å². The number of carbonyl (C=O) groups excluding carboxylic acids is 1. The van der Waals surface area contributed by atoms with Gasteiger partial charge in [-0.3, -0.25) is 10.6 Å². The predicted octanol–water partition coefficient (Wildman–Crippen LogP) is 0.770. The Bertz CT molecular complexity index is 510. The normalized spacial score (nSPS) is 9.11. The molecule has 6 nitrogen and oxygen atoms in total. The summed E-state index contributed by atoms with van der Waals surface area (Å²) in [5.41, 5.74) is 4.37. The maximum absolute atomic E-state index is 12.1. The molecule has 0 saturated carbocycles. The van der Waals surface area contributed by atoms with Crippen molar-refractivity contribution in [2.24, 2.45) is 5.84 Å². The quantitative estimate of drug-likeness (QED) is 0.461. The van der Waals surface area contributed by atoms with Crippen molar-refractivity contribution in [1.29, 1.82) is 10.5 Å². The number of hydrazine groups is 1. The van der Waals surface area contributed by atoms with Crippen LogP contribution in [0.1, 0.15) is 15.9 Å². The largest absolute Gasteiger partial charge is 0.324 e. The first-order valence-corrected chi connectivity index (χ1v) is 5.24. The highest BCUT2D eigenvalue weighted by Crippen LogP contribution is 2.16. The van der Waals surface area contributed by atoms with Crippen molar-refractivity contribution in [2.75, 3.05) is 18.5 Å². The molecule has 18 heavy (non-hydrogen) atoms. The molecule has 1 aromatic carbocycles. The van der Waals surface area contributed by atoms with E-state index in [-0.39, 0.29) is 19.0 Å². The predicted molar refractivity (Wildman–Crippen MR) is 66.1 cm³/mol. The Labute approximate surface area is 105 Å². The third-order valence-electron chi connectivity index (χ3n) is 2.43. The van der Waals surface area contributed by atoms with Crippen LogP contribution >= 0.6 is 0 Å². The molecular weight excluding hydrogens is 230 g/mol. The molecule has 1 aromatic rings. The number of anilines is 1. The van der Waals surface area contributed by atoms with E-state index >= 15 is 0 Å². The lowest BCUT2D eigenvalue weighted by Gasteiger charge is -2.17. The molecule has 0 aromatic heterocycles. The second-order valence-corrected chi connectivity index (χ2v) is 3.65. The van der Waals surface area contributed by atoms with E-state index in [0.717, 1.165) is 5.56 Å². The van der Waals surface area contributed by atoms with Crippen LogP contribution in [0.3, 0.4) is 0 Å². The van der Waals surface area contributed by atoms with E-state index in [0.29, 0.717) is 11.3 Å². The van der Waals surface area contributed by atoms with E-state index in [1.807, 2.05) is 12.1 Å². The van der Waals surface area contributed by atoms with Gasteiger partial charge in [-0.2, -0.15) is 10.5 Å². The lowest BCUT2D eigenvalue weighted by atomic mass is 10.1. The van der Waals surface area contributed by atoms with Gasteiger partial charge in [0.25, 0.3) is 5.91 Å². The number of nitriles is 2. The highest BCUT2D eigenvalue weighted by molar-refractivity contribution is 5.96. The summed E-state index contributed by atoms with van der Waals surface area (Å²) >= 11 is 0. The molecule has 0 saturated heterocycles. The van der Waals surface area contributed by atoms with Crippen molar-refractivity contribution in [3.05, 3.63) is 29.3 Å². The first-order chi connectivity index (χ1) is 8.63. The standard InChI is InChI=1S/C12H13N5O/c1-9-8-10(16-15)2-3-11(9)12(18)17(6-4-13)7-5-14/h2-3,8,16H,6-7,15H2,1H3. The van der Waals surface area contributed by atoms with Gasteiger partial charge in [-0.1, -0.05) is 0 Å². The van der Waals surface area contributed by atoms with E-state index in [2.05, 4.69) is 5.43 Å². The van der Waals surface area contributed by atoms with E-state index in [9.17, 15) is 4.79 Å². The molecule has 0 fully saturated rings. The second-order valence-electron chi connectivity index (χ2n) is 3.65. The fourth-order valence-electron chi connectivity index (χ4n) is 1.53. The Morgan fingerprint density at radius 1 is 1.39 bits per heavy atom. The summed E-state index contributed by atoms with van der Waals surface area (Å²) in [6.07, 6.45) is 0. The average molecular weight is 243 g/mol. The highest BCUT2D eigenvalue weighted by atomic mass is 16.2. The van der Waals surface area contributed by atoms with Gasteiger partial charge in [0.05, 0.1) is 12.1 Å². The molecule has 0 aliphatic carbocycles. The molecule has 0 atom stereocenters. The number of rotatable bonds is 4. The summed E-state index contributed by atoms with van der Waals surface area (Å²) in [7, 11) is 0. The minimum atomic E-state index is -0.334. The Morgan fingerprint density at radius 2 is 2.00 bits per heavy atom. The number of nitrogens with zero attached hydrogens (tertiary/aromatic N) is 3. The van der Waals surface area contributed by atoms with Crippen molar-refractivity contribution >= 4 is 11.6 Å². The fraction of sp³-hybridized carbons (Fsp3) is 0.250. The average Bonchev–Trinajstić information content (AvgIpc) is 2.37. The molecule has 1 rings (SSSR count). The molecule has 0 spiro atoms. The Hall–Kier alpha value is -2.57. The summed E-state index contributed by atoms with van der Waals surface area (Å²) in [4.78, 5) is 13.3. The number of nitrogen functional groups attached to an aromatic ring is 1. The smallest absolute Gasteiger partial charge is 0.255 e. The minimum Gasteiger partial charge on any atom is -0.324 e. The fourth-order valence-corrected chi connectivity index (χ4v) is 1.53. The van der Waals surface area contributed by atoms with Crippen molar-refractivity contribution in [3.63, 3.8) is 0 Å². The lowest BCUT2D eigenvalue weighted by molar-refractivity contribution is 0.0794. The van der Waals surface area contributed by atoms with Crippen molar-refractivity contribution < 1.29 is 4.79 Å². The topological polar surface area (TPSA) is 106 Å². The van der Waals surface area contributed by atoms with Gasteiger partial charge < -0.3 is 10.3 Å². The molecule has 0 bridgehead atoms. The van der Waals surface area contributed by atoms with Crippen LogP contribution in [0.4, 0.5) is 5.69 Å². The molecule has 0 aliphatic heterocycles. The lowest BCUT2D eigenvalue weighted by Crippen LogP contribution is -2.32. The first kappa shape index (κ1) is 13.5. The number of amides is 1. The summed E-state index contributed by atoms with van der Waals surface area (Å²) in [5, 5.41) is 17.3. The van der Waals surface area contributed by atoms with Crippen LogP contribution in [-0.4, -0.2) is 23.9 Å². The van der Waals surface area contributed by atoms with Crippen molar-refractivity contribution in [1.82, 2.24) is 4.90 Å². The zero-order chi connectivity index (χ0) is 13.5. The zero-order valence-corrected chi connectivity index (χ0v) is 9.97. The number of carbonyl (C=O) groups is 1. The third kappa shape index (κ3) is 2.97. The van der Waals surface area contributed by atoms with Crippen LogP contribution in [0.15, 0.2) is 18.2 Å². The molecular formula is C12H13N5O. The number of benzene rings is 1. The molecule has 1 amide bonds. The highest BCUT2D eigenvalue weighted by Gasteiger charge is 2.17. The van der Waals surface area contributed by atoms with Crippen LogP contribution in [0.2, 0.25) is 0 Å². The summed E-state index contributed by atoms with van der Waals surface area (Å²) in [5.74, 6) is 4.93. The van der Waals surface area contributed by atoms with Crippen LogP contribution in [0.5, 0.6) is 0 Å². The van der Waals surface area contributed by atoms with Crippen LogP contribution in [0.25, 0.3) is 0 Å². The van der Waals surface area contributed by atoms with E-state index in [4.69, 9.17) is 16.4 Å². The van der Waals surface area contributed by atoms with Gasteiger partial charge in [0, 0.05) is 11.3 Å². The molecule has 3 N–H and O–H groups in total.